The Morgan fingerprint density at radius 2 is 0.940 bits per heavy atom. The van der Waals surface area contributed by atoms with E-state index < -0.39 is 243 Å². The lowest BCUT2D eigenvalue weighted by molar-refractivity contribution is -0.345. The molecule has 0 spiro atoms. The second-order valence-electron chi connectivity index (χ2n) is 28.8. The molecule has 4 fully saturated rings. The molecule has 4 aliphatic rings. The number of carbonyl (C=O) groups excluding carboxylic acids is 14. The molecule has 4 saturated heterocycles. The van der Waals surface area contributed by atoms with Gasteiger partial charge in [-0.2, -0.15) is 0 Å². The molecule has 4 aromatic rings. The van der Waals surface area contributed by atoms with Gasteiger partial charge in [0.15, 0.2) is 30.9 Å². The van der Waals surface area contributed by atoms with Crippen molar-refractivity contribution in [1.82, 2.24) is 47.0 Å². The Morgan fingerprint density at radius 3 is 1.41 bits per heavy atom. The van der Waals surface area contributed by atoms with Gasteiger partial charge in [-0.15, -0.1) is 0 Å². The number of likely N-dealkylation sites (tertiary alicyclic amines) is 2. The number of nitrogens with two attached hydrogens (primary N) is 1. The Morgan fingerprint density at radius 1 is 0.504 bits per heavy atom. The molecule has 4 aliphatic heterocycles. The Bertz CT molecular complexity index is 4110. The van der Waals surface area contributed by atoms with Crippen LogP contribution in [0.3, 0.4) is 0 Å². The van der Waals surface area contributed by atoms with Gasteiger partial charge >= 0.3 is 23.9 Å². The smallest absolute Gasteiger partial charge is 0.338 e. The normalized spacial score (nSPS) is 24.5. The van der Waals surface area contributed by atoms with Crippen molar-refractivity contribution >= 4 is 82.9 Å². The average Bonchev–Trinajstić information content (AvgIpc) is 1.13. The number of primary amides is 1. The van der Waals surface area contributed by atoms with Gasteiger partial charge in [0.1, 0.15) is 85.4 Å². The van der Waals surface area contributed by atoms with Crippen molar-refractivity contribution < 1.29 is 136 Å². The van der Waals surface area contributed by atoms with E-state index in [4.69, 9.17) is 43.6 Å². The van der Waals surface area contributed by atoms with Gasteiger partial charge in [0.2, 0.25) is 59.1 Å². The number of hydrogen-bond acceptors (Lipinski definition) is 28. The van der Waals surface area contributed by atoms with E-state index in [0.29, 0.717) is 6.42 Å². The summed E-state index contributed by atoms with van der Waals surface area (Å²) in [5.41, 5.74) is 5.09. The van der Waals surface area contributed by atoms with Gasteiger partial charge in [-0.25, -0.2) is 19.2 Å². The molecule has 23 atom stereocenters. The van der Waals surface area contributed by atoms with Crippen LogP contribution in [-0.2, 0) is 85.8 Å². The predicted molar refractivity (Wildman–Crippen MR) is 405 cm³/mol. The number of carbonyl (C=O) groups is 14. The Labute approximate surface area is 672 Å². The molecule has 4 heterocycles. The third-order valence-corrected chi connectivity index (χ3v) is 20.3. The highest BCUT2D eigenvalue weighted by Crippen LogP contribution is 2.36. The summed E-state index contributed by atoms with van der Waals surface area (Å²) >= 11 is 0. The number of aliphatic hydroxyl groups excluding tert-OH is 6. The molecule has 10 amide bonds. The maximum atomic E-state index is 15.5. The number of nitrogens with zero attached hydrogens (tertiary/aromatic N) is 2. The SMILES string of the molecule is CC[C@H](C)[C@H](NC(=O)[C@@H]1CCCN1C(=O)[C@@H](NC(=O)[C@@H](NC(=O)[C@@H](NC(=O)[C@@H]1CCCN1C(C)=O)[C@@H](C)O)[C@@H](C)O[C@H]1O[C@H](CO)[C@H](O)[C@H](O[C@@H]2O[C@H](COC(=O)c3ccccc3)[C@H](OC(=O)c3ccccc3)[C@H](OC(=O)c3ccccc3)[C@H]2OC(=O)c2ccccc2)[C@H]1NC(C)=O)[C@@H](C)O)C(=O)N[C@@H](CO)C(=O)N[C@H](C(N)=O)[C@@H](C)O. The molecule has 8 rings (SSSR count). The van der Waals surface area contributed by atoms with Crippen LogP contribution >= 0.6 is 0 Å². The maximum Gasteiger partial charge on any atom is 0.338 e. The molecule has 38 nitrogen and oxygen atoms in total. The fraction of sp³-hybridized carbons (Fsp3) is 0.519. The Hall–Kier alpha value is -10.9. The molecule has 38 heteroatoms. The highest BCUT2D eigenvalue weighted by Gasteiger charge is 2.58. The topological polar surface area (TPSA) is 551 Å². The first kappa shape index (κ1) is 91.6. The van der Waals surface area contributed by atoms with Crippen molar-refractivity contribution in [3.63, 3.8) is 0 Å². The molecule has 15 N–H and O–H groups in total. The Kier molecular flexibility index (Phi) is 33.5. The lowest BCUT2D eigenvalue weighted by Crippen LogP contribution is -2.69. The van der Waals surface area contributed by atoms with Crippen molar-refractivity contribution in [2.75, 3.05) is 32.9 Å². The number of benzene rings is 4. The maximum absolute atomic E-state index is 15.5. The number of esters is 4. The number of nitrogens with one attached hydrogen (secondary N) is 7. The van der Waals surface area contributed by atoms with Crippen LogP contribution in [0.15, 0.2) is 121 Å². The summed E-state index contributed by atoms with van der Waals surface area (Å²) in [7, 11) is 0. The van der Waals surface area contributed by atoms with E-state index >= 15 is 9.59 Å². The first-order chi connectivity index (χ1) is 55.7. The minimum Gasteiger partial charge on any atom is -0.459 e. The monoisotopic (exact) mass is 1640 g/mol. The van der Waals surface area contributed by atoms with E-state index in [1.807, 2.05) is 0 Å². The summed E-state index contributed by atoms with van der Waals surface area (Å²) in [4.78, 5) is 199. The van der Waals surface area contributed by atoms with Crippen LogP contribution in [0.2, 0.25) is 0 Å². The second-order valence-corrected chi connectivity index (χ2v) is 28.8. The highest BCUT2D eigenvalue weighted by molar-refractivity contribution is 5.99. The van der Waals surface area contributed by atoms with Crippen molar-refractivity contribution in [1.29, 1.82) is 0 Å². The number of hydrogen-bond donors (Lipinski definition) is 14. The molecular weight excluding hydrogens is 1540 g/mol. The zero-order valence-corrected chi connectivity index (χ0v) is 65.5. The van der Waals surface area contributed by atoms with E-state index in [-0.39, 0.29) is 61.0 Å². The number of amides is 10. The minimum atomic E-state index is -2.24. The average molecular weight is 1640 g/mol. The predicted octanol–water partition coefficient (Wildman–Crippen LogP) is -2.81. The lowest BCUT2D eigenvalue weighted by Gasteiger charge is -2.49. The van der Waals surface area contributed by atoms with Gasteiger partial charge in [0, 0.05) is 26.9 Å². The van der Waals surface area contributed by atoms with Crippen LogP contribution < -0.4 is 43.0 Å². The van der Waals surface area contributed by atoms with Crippen LogP contribution in [0.5, 0.6) is 0 Å². The van der Waals surface area contributed by atoms with Gasteiger partial charge in [-0.05, 0) is 108 Å². The molecule has 4 aromatic carbocycles. The van der Waals surface area contributed by atoms with Gasteiger partial charge in [-0.3, -0.25) is 47.9 Å². The van der Waals surface area contributed by atoms with Crippen LogP contribution in [0.1, 0.15) is 129 Å². The molecule has 117 heavy (non-hydrogen) atoms. The van der Waals surface area contributed by atoms with Crippen LogP contribution in [0, 0.1) is 5.92 Å². The van der Waals surface area contributed by atoms with Crippen molar-refractivity contribution in [3.8, 4) is 0 Å². The molecule has 0 radical (unpaired) electrons. The number of aliphatic hydroxyl groups is 6. The Balaban J connectivity index is 1.17. The third-order valence-electron chi connectivity index (χ3n) is 20.3. The van der Waals surface area contributed by atoms with Crippen molar-refractivity contribution in [3.05, 3.63) is 144 Å². The molecule has 636 valence electrons. The summed E-state index contributed by atoms with van der Waals surface area (Å²) in [6.07, 6.45) is -24.7. The largest absolute Gasteiger partial charge is 0.459 e. The van der Waals surface area contributed by atoms with E-state index in [1.165, 1.54) is 96.8 Å². The summed E-state index contributed by atoms with van der Waals surface area (Å²) in [5, 5.41) is 83.6. The zero-order chi connectivity index (χ0) is 85.6. The number of rotatable bonds is 36. The highest BCUT2D eigenvalue weighted by atomic mass is 16.8. The minimum absolute atomic E-state index is 0.0305. The third kappa shape index (κ3) is 23.9. The molecule has 0 aliphatic carbocycles. The van der Waals surface area contributed by atoms with Gasteiger partial charge in [0.05, 0.1) is 59.9 Å². The van der Waals surface area contributed by atoms with E-state index in [9.17, 15) is 88.2 Å². The molecule has 0 bridgehead atoms. The van der Waals surface area contributed by atoms with Crippen molar-refractivity contribution in [2.45, 2.75) is 222 Å². The quantitative estimate of drug-likeness (QED) is 0.0161. The first-order valence-electron chi connectivity index (χ1n) is 38.2. The van der Waals surface area contributed by atoms with E-state index in [1.54, 1.807) is 50.2 Å². The summed E-state index contributed by atoms with van der Waals surface area (Å²) in [6, 6.07) is 14.0. The summed E-state index contributed by atoms with van der Waals surface area (Å²) in [6.45, 7) is 6.87. The first-order valence-corrected chi connectivity index (χ1v) is 38.2. The zero-order valence-electron chi connectivity index (χ0n) is 65.5. The van der Waals surface area contributed by atoms with Crippen LogP contribution in [0.25, 0.3) is 0 Å². The van der Waals surface area contributed by atoms with Crippen LogP contribution in [0.4, 0.5) is 0 Å². The number of ether oxygens (including phenoxy) is 8. The van der Waals surface area contributed by atoms with Crippen LogP contribution in [-0.4, -0.2) is 290 Å². The van der Waals surface area contributed by atoms with Gasteiger partial charge in [0.25, 0.3) is 0 Å². The fourth-order valence-corrected chi connectivity index (χ4v) is 13.7. The van der Waals surface area contributed by atoms with Gasteiger partial charge < -0.3 is 121 Å². The molecule has 0 unspecified atom stereocenters. The molecule has 0 saturated carbocycles. The molecule has 0 aromatic heterocycles. The standard InChI is InChI=1S/C79H102N10O28/c1-9-39(2)55(70(102)82-50(36-90)67(99)84-56(40(3)92)66(80)98)83-69(101)52-33-23-35-89(52)73(105)58(42(5)94)86-72(104)59(87-71(103)57(41(4)93)85-68(100)51-32-22-34-88(51)45(8)96)43(6)111-78-60(81-44(7)95)63(61(97)53(37-91)112-78)117-79-65(116-77(109)49-30-20-13-21-31-49)64(115-76(108)48-28-18-12-19-29-48)62(114-75(107)47-26-16-11-17-27-47)54(113-79)38-110-74(106)46-24-14-10-15-25-46/h10-21,24-31,39-43,50-65,78-79,90-94,97H,9,22-23,32-38H2,1-8H3,(H2,80,98)(H,81,95)(H,82,102)(H,83,101)(H,84,99)(H,85,100)(H,86,104)(H,87,103)/t39-,40+,41+,42+,43+,50-,51-,52-,53+,54+,55-,56-,57-,58-,59-,60+,61-,62-,63+,64-,65+,78-,79-/m0/s1. The summed E-state index contributed by atoms with van der Waals surface area (Å²) < 4.78 is 50.5. The van der Waals surface area contributed by atoms with Crippen molar-refractivity contribution in [2.24, 2.45) is 11.7 Å². The second kappa shape index (κ2) is 42.8. The van der Waals surface area contributed by atoms with E-state index in [2.05, 4.69) is 37.2 Å². The van der Waals surface area contributed by atoms with Gasteiger partial charge in [-0.1, -0.05) is 93.1 Å². The fourth-order valence-electron chi connectivity index (χ4n) is 13.7. The molecular formula is C79H102N10O28. The lowest BCUT2D eigenvalue weighted by atomic mass is 9.94. The summed E-state index contributed by atoms with van der Waals surface area (Å²) in [5.74, 6) is -15.3. The van der Waals surface area contributed by atoms with E-state index in [0.717, 1.165) is 39.5 Å².